The highest BCUT2D eigenvalue weighted by atomic mass is 32.1. The maximum absolute atomic E-state index is 10.5. The Balaban J connectivity index is 2.21. The summed E-state index contributed by atoms with van der Waals surface area (Å²) in [6.45, 7) is 0. The van der Waals surface area contributed by atoms with E-state index in [2.05, 4.69) is 14.3 Å². The van der Waals surface area contributed by atoms with Gasteiger partial charge in [-0.1, -0.05) is 0 Å². The van der Waals surface area contributed by atoms with E-state index in [1.807, 2.05) is 14.1 Å². The van der Waals surface area contributed by atoms with Gasteiger partial charge in [0.05, 0.1) is 12.4 Å². The van der Waals surface area contributed by atoms with Crippen LogP contribution in [0.25, 0.3) is 11.6 Å². The zero-order chi connectivity index (χ0) is 13.1. The van der Waals surface area contributed by atoms with Crippen LogP contribution in [-0.2, 0) is 0 Å². The minimum absolute atomic E-state index is 0.254. The van der Waals surface area contributed by atoms with E-state index in [9.17, 15) is 10.1 Å². The molecule has 0 spiro atoms. The Kier molecular flexibility index (Phi) is 3.33. The molecule has 0 aliphatic carbocycles. The van der Waals surface area contributed by atoms with Crippen molar-refractivity contribution in [2.45, 2.75) is 0 Å². The van der Waals surface area contributed by atoms with Crippen molar-refractivity contribution in [1.29, 1.82) is 0 Å². The third-order valence-corrected chi connectivity index (χ3v) is 2.43. The van der Waals surface area contributed by atoms with Gasteiger partial charge >= 0.3 is 5.88 Å². The SMILES string of the molecule is CN(C)/C=N/c1nc(-c2ccc([N+](=O)[O-])o2)ns1. The van der Waals surface area contributed by atoms with E-state index in [4.69, 9.17) is 4.42 Å². The molecule has 2 rings (SSSR count). The zero-order valence-electron chi connectivity index (χ0n) is 9.60. The maximum atomic E-state index is 10.5. The molecular weight excluding hydrogens is 258 g/mol. The van der Waals surface area contributed by atoms with Gasteiger partial charge in [-0.15, -0.1) is 0 Å². The van der Waals surface area contributed by atoms with Gasteiger partial charge in [-0.25, -0.2) is 4.99 Å². The van der Waals surface area contributed by atoms with Crippen LogP contribution in [0, 0.1) is 10.1 Å². The summed E-state index contributed by atoms with van der Waals surface area (Å²) in [6, 6.07) is 2.72. The monoisotopic (exact) mass is 267 g/mol. The first-order chi connectivity index (χ1) is 8.56. The Morgan fingerprint density at radius 1 is 1.56 bits per heavy atom. The van der Waals surface area contributed by atoms with Gasteiger partial charge in [0.15, 0.2) is 5.76 Å². The highest BCUT2D eigenvalue weighted by molar-refractivity contribution is 7.09. The van der Waals surface area contributed by atoms with Gasteiger partial charge in [0, 0.05) is 25.6 Å². The fourth-order valence-corrected chi connectivity index (χ4v) is 1.60. The quantitative estimate of drug-likeness (QED) is 0.363. The van der Waals surface area contributed by atoms with Crippen LogP contribution in [0.3, 0.4) is 0 Å². The van der Waals surface area contributed by atoms with E-state index in [-0.39, 0.29) is 11.6 Å². The van der Waals surface area contributed by atoms with Crippen molar-refractivity contribution in [2.75, 3.05) is 14.1 Å². The molecule has 0 saturated heterocycles. The van der Waals surface area contributed by atoms with E-state index >= 15 is 0 Å². The van der Waals surface area contributed by atoms with Gasteiger partial charge in [0.2, 0.25) is 11.0 Å². The lowest BCUT2D eigenvalue weighted by atomic mass is 10.4. The molecule has 0 N–H and O–H groups in total. The molecule has 0 atom stereocenters. The fraction of sp³-hybridized carbons (Fsp3) is 0.222. The third-order valence-electron chi connectivity index (χ3n) is 1.81. The van der Waals surface area contributed by atoms with Crippen LogP contribution in [0.4, 0.5) is 11.0 Å². The molecule has 0 saturated carbocycles. The van der Waals surface area contributed by atoms with Crippen LogP contribution in [0.2, 0.25) is 0 Å². The second-order valence-electron chi connectivity index (χ2n) is 3.50. The minimum atomic E-state index is -0.610. The smallest absolute Gasteiger partial charge is 0.397 e. The molecule has 0 unspecified atom stereocenters. The van der Waals surface area contributed by atoms with Gasteiger partial charge in [-0.05, 0) is 6.07 Å². The number of nitro groups is 1. The number of aliphatic imine (C=N–C) groups is 1. The zero-order valence-corrected chi connectivity index (χ0v) is 10.4. The minimum Gasteiger partial charge on any atom is -0.397 e. The summed E-state index contributed by atoms with van der Waals surface area (Å²) < 4.78 is 9.01. The van der Waals surface area contributed by atoms with Crippen molar-refractivity contribution in [3.8, 4) is 11.6 Å². The van der Waals surface area contributed by atoms with Crippen molar-refractivity contribution in [3.63, 3.8) is 0 Å². The van der Waals surface area contributed by atoms with Crippen LogP contribution in [0.5, 0.6) is 0 Å². The normalized spacial score (nSPS) is 11.0. The van der Waals surface area contributed by atoms with Gasteiger partial charge < -0.3 is 9.32 Å². The van der Waals surface area contributed by atoms with Crippen molar-refractivity contribution >= 4 is 28.9 Å². The summed E-state index contributed by atoms with van der Waals surface area (Å²) in [5.41, 5.74) is 0. The predicted molar refractivity (Wildman–Crippen MR) is 66.1 cm³/mol. The standard InChI is InChI=1S/C9H9N5O3S/c1-13(2)5-10-9-11-8(12-18-9)6-3-4-7(17-6)14(15)16/h3-5H,1-2H3/b10-5+. The first-order valence-corrected chi connectivity index (χ1v) is 5.62. The summed E-state index contributed by atoms with van der Waals surface area (Å²) in [6.07, 6.45) is 1.59. The Morgan fingerprint density at radius 2 is 2.33 bits per heavy atom. The summed E-state index contributed by atoms with van der Waals surface area (Å²) in [5.74, 6) is 0.210. The van der Waals surface area contributed by atoms with Crippen LogP contribution in [-0.4, -0.2) is 39.6 Å². The van der Waals surface area contributed by atoms with Crippen LogP contribution >= 0.6 is 11.5 Å². The molecule has 2 heterocycles. The number of hydrogen-bond donors (Lipinski definition) is 0. The molecule has 0 bridgehead atoms. The lowest BCUT2D eigenvalue weighted by molar-refractivity contribution is -0.401. The van der Waals surface area contributed by atoms with Crippen LogP contribution in [0.1, 0.15) is 0 Å². The van der Waals surface area contributed by atoms with E-state index < -0.39 is 4.92 Å². The summed E-state index contributed by atoms with van der Waals surface area (Å²) in [7, 11) is 3.67. The largest absolute Gasteiger partial charge is 0.433 e. The maximum Gasteiger partial charge on any atom is 0.433 e. The molecular formula is C9H9N5O3S. The molecule has 94 valence electrons. The summed E-state index contributed by atoms with van der Waals surface area (Å²) >= 11 is 1.09. The number of hydrogen-bond acceptors (Lipinski definition) is 7. The molecule has 0 fully saturated rings. The Morgan fingerprint density at radius 3 is 2.94 bits per heavy atom. The average molecular weight is 267 g/mol. The third kappa shape index (κ3) is 2.69. The first kappa shape index (κ1) is 12.2. The van der Waals surface area contributed by atoms with Crippen molar-refractivity contribution < 1.29 is 9.34 Å². The van der Waals surface area contributed by atoms with Crippen LogP contribution in [0.15, 0.2) is 21.5 Å². The Bertz CT molecular complexity index is 589. The summed E-state index contributed by atoms with van der Waals surface area (Å²) in [5, 5.41) is 10.9. The lowest BCUT2D eigenvalue weighted by Crippen LogP contribution is -2.06. The molecule has 0 amide bonds. The number of nitrogens with zero attached hydrogens (tertiary/aromatic N) is 5. The van der Waals surface area contributed by atoms with Gasteiger partial charge in [-0.2, -0.15) is 9.36 Å². The second-order valence-corrected chi connectivity index (χ2v) is 4.23. The fourth-order valence-electron chi connectivity index (χ4n) is 1.08. The van der Waals surface area contributed by atoms with E-state index in [1.54, 1.807) is 11.2 Å². The van der Waals surface area contributed by atoms with E-state index in [0.29, 0.717) is 11.0 Å². The highest BCUT2D eigenvalue weighted by Crippen LogP contribution is 2.27. The Labute approximate surface area is 106 Å². The molecule has 9 heteroatoms. The molecule has 18 heavy (non-hydrogen) atoms. The van der Waals surface area contributed by atoms with E-state index in [0.717, 1.165) is 11.5 Å². The highest BCUT2D eigenvalue weighted by Gasteiger charge is 2.16. The molecule has 0 radical (unpaired) electrons. The second kappa shape index (κ2) is 4.92. The van der Waals surface area contributed by atoms with Crippen molar-refractivity contribution in [1.82, 2.24) is 14.3 Å². The van der Waals surface area contributed by atoms with Gasteiger partial charge in [0.1, 0.15) is 4.92 Å². The topological polar surface area (TPSA) is 97.7 Å². The molecule has 2 aromatic rings. The molecule has 0 aromatic carbocycles. The Hall–Kier alpha value is -2.29. The molecule has 0 aliphatic rings. The average Bonchev–Trinajstić information content (AvgIpc) is 2.95. The predicted octanol–water partition coefficient (Wildman–Crippen LogP) is 1.93. The number of furan rings is 1. The number of rotatable bonds is 4. The lowest BCUT2D eigenvalue weighted by Gasteiger charge is -1.99. The number of aromatic nitrogens is 2. The first-order valence-electron chi connectivity index (χ1n) is 4.85. The van der Waals surface area contributed by atoms with Gasteiger partial charge in [0.25, 0.3) is 0 Å². The molecule has 8 nitrogen and oxygen atoms in total. The summed E-state index contributed by atoms with van der Waals surface area (Å²) in [4.78, 5) is 19.8. The molecule has 2 aromatic heterocycles. The van der Waals surface area contributed by atoms with Gasteiger partial charge in [-0.3, -0.25) is 10.1 Å². The van der Waals surface area contributed by atoms with Crippen molar-refractivity contribution in [3.05, 3.63) is 22.2 Å². The van der Waals surface area contributed by atoms with Crippen LogP contribution < -0.4 is 0 Å². The molecule has 0 aliphatic heterocycles. The van der Waals surface area contributed by atoms with E-state index in [1.165, 1.54) is 12.1 Å². The van der Waals surface area contributed by atoms with Crippen molar-refractivity contribution in [2.24, 2.45) is 4.99 Å².